The van der Waals surface area contributed by atoms with Crippen molar-refractivity contribution < 1.29 is 24.6 Å². The van der Waals surface area contributed by atoms with E-state index in [2.05, 4.69) is 10.3 Å². The molecule has 2 aromatic rings. The average Bonchev–Trinajstić information content (AvgIpc) is 2.95. The van der Waals surface area contributed by atoms with E-state index < -0.39 is 17.5 Å². The van der Waals surface area contributed by atoms with Crippen molar-refractivity contribution in [2.24, 2.45) is 4.99 Å². The topological polar surface area (TPSA) is 116 Å². The molecule has 0 spiro atoms. The van der Waals surface area contributed by atoms with Crippen LogP contribution < -0.4 is 15.9 Å². The van der Waals surface area contributed by atoms with Crippen molar-refractivity contribution in [2.45, 2.75) is 12.5 Å². The van der Waals surface area contributed by atoms with Gasteiger partial charge in [-0.25, -0.2) is 9.59 Å². The number of hydrogen-bond donors (Lipinski definition) is 3. The molecule has 7 nitrogen and oxygen atoms in total. The standard InChI is InChI=1S/C20H14Cl2N2O5/c1-10(25)23-13-4-2-3-11(7-13)20(19(28)29)14(5-6-17(26)27)18-15(22)8-12(21)9-16(18)24-20/h2-9H,1H3,(H,23,25)(H,26,27)(H,28,29)/b6-5-. The summed E-state index contributed by atoms with van der Waals surface area (Å²) >= 11 is 12.4. The van der Waals surface area contributed by atoms with E-state index >= 15 is 0 Å². The van der Waals surface area contributed by atoms with E-state index in [4.69, 9.17) is 28.3 Å². The van der Waals surface area contributed by atoms with E-state index in [1.54, 1.807) is 12.1 Å². The molecule has 0 aromatic heterocycles. The maximum Gasteiger partial charge on any atom is 0.341 e. The Kier molecular flexibility index (Phi) is 5.46. The van der Waals surface area contributed by atoms with Gasteiger partial charge in [0.2, 0.25) is 11.4 Å². The number of anilines is 1. The fourth-order valence-electron chi connectivity index (χ4n) is 3.23. The normalized spacial score (nSPS) is 17.7. The minimum absolute atomic E-state index is 0.0732. The molecular formula is C20H14Cl2N2O5. The molecule has 0 aliphatic carbocycles. The number of carboxylic acids is 2. The number of hydrogen-bond acceptors (Lipinski definition) is 4. The summed E-state index contributed by atoms with van der Waals surface area (Å²) < 4.78 is 0. The van der Waals surface area contributed by atoms with Gasteiger partial charge in [-0.2, -0.15) is 0 Å². The number of carboxylic acid groups (broad SMARTS) is 2. The third kappa shape index (κ3) is 3.74. The van der Waals surface area contributed by atoms with Gasteiger partial charge in [0, 0.05) is 34.5 Å². The number of carbonyl (C=O) groups excluding carboxylic acids is 1. The smallest absolute Gasteiger partial charge is 0.341 e. The van der Waals surface area contributed by atoms with Gasteiger partial charge >= 0.3 is 11.9 Å². The predicted octanol–water partition coefficient (Wildman–Crippen LogP) is 2.36. The minimum atomic E-state index is -1.98. The number of benzene rings is 2. The zero-order valence-corrected chi connectivity index (χ0v) is 16.5. The molecule has 1 amide bonds. The number of amides is 1. The quantitative estimate of drug-likeness (QED) is 0.627. The molecule has 2 aromatic carbocycles. The Morgan fingerprint density at radius 2 is 1.86 bits per heavy atom. The molecule has 0 saturated heterocycles. The van der Waals surface area contributed by atoms with Gasteiger partial charge in [0.15, 0.2) is 0 Å². The zero-order valence-electron chi connectivity index (χ0n) is 14.9. The predicted molar refractivity (Wildman–Crippen MR) is 107 cm³/mol. The lowest BCUT2D eigenvalue weighted by Crippen LogP contribution is -2.35. The number of aliphatic carboxylic acids is 2. The van der Waals surface area contributed by atoms with Crippen LogP contribution in [0.25, 0.3) is 5.57 Å². The molecule has 1 aliphatic heterocycles. The van der Waals surface area contributed by atoms with E-state index in [0.717, 1.165) is 12.2 Å². The Bertz CT molecular complexity index is 1210. The number of carbonyl (C=O) groups is 3. The number of halogens is 2. The maximum atomic E-state index is 12.5. The third-order valence-corrected chi connectivity index (χ3v) is 4.80. The first-order chi connectivity index (χ1) is 13.6. The number of nitrogens with one attached hydrogen (secondary N) is 1. The van der Waals surface area contributed by atoms with Crippen LogP contribution in [0.2, 0.25) is 10.0 Å². The lowest BCUT2D eigenvalue weighted by atomic mass is 9.82. The minimum Gasteiger partial charge on any atom is -0.479 e. The highest BCUT2D eigenvalue weighted by molar-refractivity contribution is 6.34. The molecule has 1 heterocycles. The summed E-state index contributed by atoms with van der Waals surface area (Å²) in [6, 6.07) is 9.04. The van der Waals surface area contributed by atoms with Crippen LogP contribution in [0.1, 0.15) is 12.5 Å². The van der Waals surface area contributed by atoms with Gasteiger partial charge in [0.05, 0.1) is 10.4 Å². The molecule has 0 saturated carbocycles. The van der Waals surface area contributed by atoms with E-state index in [1.165, 1.54) is 31.2 Å². The van der Waals surface area contributed by atoms with Crippen LogP contribution >= 0.6 is 23.2 Å². The highest BCUT2D eigenvalue weighted by Crippen LogP contribution is 2.38. The lowest BCUT2D eigenvalue weighted by Gasteiger charge is -2.25. The molecule has 0 radical (unpaired) electrons. The second kappa shape index (κ2) is 7.69. The van der Waals surface area contributed by atoms with Crippen molar-refractivity contribution in [3.05, 3.63) is 74.7 Å². The van der Waals surface area contributed by atoms with Gasteiger partial charge in [-0.15, -0.1) is 0 Å². The summed E-state index contributed by atoms with van der Waals surface area (Å²) in [5, 5.41) is 22.8. The second-order valence-corrected chi connectivity index (χ2v) is 7.10. The summed E-state index contributed by atoms with van der Waals surface area (Å²) in [5.41, 5.74) is -1.32. The Balaban J connectivity index is 2.40. The van der Waals surface area contributed by atoms with Gasteiger partial charge < -0.3 is 15.5 Å². The van der Waals surface area contributed by atoms with Crippen LogP contribution in [0, 0.1) is 0 Å². The Hall–Kier alpha value is -3.16. The van der Waals surface area contributed by atoms with E-state index in [9.17, 15) is 19.5 Å². The molecule has 3 N–H and O–H groups in total. The summed E-state index contributed by atoms with van der Waals surface area (Å²) in [5.74, 6) is -2.93. The van der Waals surface area contributed by atoms with E-state index in [1.807, 2.05) is 0 Å². The molecule has 9 heteroatoms. The zero-order chi connectivity index (χ0) is 21.3. The number of nitrogens with zero attached hydrogens (tertiary/aromatic N) is 1. The summed E-state index contributed by atoms with van der Waals surface area (Å²) in [6.07, 6.45) is 1.98. The van der Waals surface area contributed by atoms with Gasteiger partial charge in [-0.1, -0.05) is 35.3 Å². The SMILES string of the molecule is CC(=O)Nc1cccc(C2(C(=O)O)N=c3cc(Cl)cc(Cl)c3=C2/C=C\C(=O)O)c1. The fourth-order valence-corrected chi connectivity index (χ4v) is 3.81. The van der Waals surface area contributed by atoms with Crippen molar-refractivity contribution in [3.63, 3.8) is 0 Å². The first-order valence-corrected chi connectivity index (χ1v) is 9.03. The summed E-state index contributed by atoms with van der Waals surface area (Å²) in [7, 11) is 0. The van der Waals surface area contributed by atoms with Gasteiger partial charge in [-0.3, -0.25) is 9.79 Å². The molecule has 29 heavy (non-hydrogen) atoms. The average molecular weight is 433 g/mol. The summed E-state index contributed by atoms with van der Waals surface area (Å²) in [6.45, 7) is 1.32. The lowest BCUT2D eigenvalue weighted by molar-refractivity contribution is -0.141. The molecule has 0 fully saturated rings. The van der Waals surface area contributed by atoms with Crippen LogP contribution in [0.15, 0.2) is 53.5 Å². The molecule has 0 bridgehead atoms. The first kappa shape index (κ1) is 20.6. The van der Waals surface area contributed by atoms with Crippen LogP contribution in [-0.2, 0) is 19.9 Å². The molecule has 1 atom stereocenters. The van der Waals surface area contributed by atoms with Crippen LogP contribution in [-0.4, -0.2) is 28.1 Å². The first-order valence-electron chi connectivity index (χ1n) is 8.27. The Morgan fingerprint density at radius 1 is 1.14 bits per heavy atom. The van der Waals surface area contributed by atoms with Crippen LogP contribution in [0.4, 0.5) is 5.69 Å². The van der Waals surface area contributed by atoms with E-state index in [0.29, 0.717) is 5.69 Å². The summed E-state index contributed by atoms with van der Waals surface area (Å²) in [4.78, 5) is 39.4. The van der Waals surface area contributed by atoms with Gasteiger partial charge in [-0.05, 0) is 35.9 Å². The molecule has 148 valence electrons. The third-order valence-electron chi connectivity index (χ3n) is 4.28. The van der Waals surface area contributed by atoms with Crippen molar-refractivity contribution >= 4 is 52.3 Å². The van der Waals surface area contributed by atoms with E-state index in [-0.39, 0.29) is 37.7 Å². The maximum absolute atomic E-state index is 12.5. The van der Waals surface area contributed by atoms with Crippen LogP contribution in [0.5, 0.6) is 0 Å². The van der Waals surface area contributed by atoms with Crippen LogP contribution in [0.3, 0.4) is 0 Å². The molecule has 1 unspecified atom stereocenters. The number of fused-ring (bicyclic) bond motifs is 1. The number of rotatable bonds is 5. The van der Waals surface area contributed by atoms with Gasteiger partial charge in [0.25, 0.3) is 0 Å². The monoisotopic (exact) mass is 432 g/mol. The Morgan fingerprint density at radius 3 is 2.48 bits per heavy atom. The highest BCUT2D eigenvalue weighted by atomic mass is 35.5. The molecular weight excluding hydrogens is 419 g/mol. The second-order valence-electron chi connectivity index (χ2n) is 6.26. The van der Waals surface area contributed by atoms with Crippen molar-refractivity contribution in [2.75, 3.05) is 5.32 Å². The Labute approximate surface area is 174 Å². The van der Waals surface area contributed by atoms with Gasteiger partial charge in [0.1, 0.15) is 0 Å². The van der Waals surface area contributed by atoms with Crippen molar-refractivity contribution in [1.29, 1.82) is 0 Å². The van der Waals surface area contributed by atoms with Crippen molar-refractivity contribution in [1.82, 2.24) is 0 Å². The highest BCUT2D eigenvalue weighted by Gasteiger charge is 2.46. The van der Waals surface area contributed by atoms with Crippen molar-refractivity contribution in [3.8, 4) is 0 Å². The largest absolute Gasteiger partial charge is 0.479 e. The molecule has 1 aliphatic rings. The molecule has 3 rings (SSSR count). The fraction of sp³-hybridized carbons (Fsp3) is 0.100.